The zero-order valence-corrected chi connectivity index (χ0v) is 12.3. The SMILES string of the molecule is CC(Oc1ccc([N+](=O)[O-])cc1)Oc1ccccc1CC(=O)O. The average Bonchev–Trinajstić information content (AvgIpc) is 2.49. The van der Waals surface area contributed by atoms with E-state index < -0.39 is 17.2 Å². The van der Waals surface area contributed by atoms with Gasteiger partial charge in [0.15, 0.2) is 0 Å². The molecule has 1 N–H and O–H groups in total. The fourth-order valence-corrected chi connectivity index (χ4v) is 1.97. The maximum absolute atomic E-state index is 10.8. The molecular weight excluding hydrogens is 302 g/mol. The monoisotopic (exact) mass is 317 g/mol. The van der Waals surface area contributed by atoms with Gasteiger partial charge in [-0.25, -0.2) is 0 Å². The molecule has 0 radical (unpaired) electrons. The molecule has 0 aromatic heterocycles. The van der Waals surface area contributed by atoms with E-state index in [2.05, 4.69) is 0 Å². The Labute approximate surface area is 132 Å². The Bertz CT molecular complexity index is 698. The summed E-state index contributed by atoms with van der Waals surface area (Å²) in [7, 11) is 0. The number of aliphatic carboxylic acids is 1. The van der Waals surface area contributed by atoms with E-state index in [1.54, 1.807) is 31.2 Å². The number of nitro groups is 1. The second kappa shape index (κ2) is 7.26. The Morgan fingerprint density at radius 1 is 1.17 bits per heavy atom. The number of non-ortho nitro benzene ring substituents is 1. The Morgan fingerprint density at radius 2 is 1.83 bits per heavy atom. The van der Waals surface area contributed by atoms with E-state index in [0.29, 0.717) is 17.1 Å². The van der Waals surface area contributed by atoms with Gasteiger partial charge in [0, 0.05) is 24.6 Å². The number of nitro benzene ring substituents is 1. The molecule has 0 bridgehead atoms. The van der Waals surface area contributed by atoms with Crippen LogP contribution in [-0.2, 0) is 11.2 Å². The number of benzene rings is 2. The highest BCUT2D eigenvalue weighted by molar-refractivity contribution is 5.71. The number of para-hydroxylation sites is 1. The fraction of sp³-hybridized carbons (Fsp3) is 0.188. The van der Waals surface area contributed by atoms with Crippen LogP contribution >= 0.6 is 0 Å². The highest BCUT2D eigenvalue weighted by Crippen LogP contribution is 2.22. The van der Waals surface area contributed by atoms with E-state index in [-0.39, 0.29) is 12.1 Å². The first kappa shape index (κ1) is 16.3. The summed E-state index contributed by atoms with van der Waals surface area (Å²) in [5, 5.41) is 19.5. The summed E-state index contributed by atoms with van der Waals surface area (Å²) in [5.74, 6) is -0.117. The van der Waals surface area contributed by atoms with Gasteiger partial charge in [-0.3, -0.25) is 14.9 Å². The summed E-state index contributed by atoms with van der Waals surface area (Å²) in [5.41, 5.74) is 0.511. The Hall–Kier alpha value is -3.09. The first-order valence-electron chi connectivity index (χ1n) is 6.83. The molecule has 2 rings (SSSR count). The molecule has 120 valence electrons. The topological polar surface area (TPSA) is 98.9 Å². The lowest BCUT2D eigenvalue weighted by atomic mass is 10.1. The second-order valence-electron chi connectivity index (χ2n) is 4.73. The molecule has 23 heavy (non-hydrogen) atoms. The zero-order valence-electron chi connectivity index (χ0n) is 12.3. The van der Waals surface area contributed by atoms with Gasteiger partial charge in [0.05, 0.1) is 11.3 Å². The molecule has 1 unspecified atom stereocenters. The molecule has 0 aliphatic rings. The van der Waals surface area contributed by atoms with Gasteiger partial charge in [0.25, 0.3) is 5.69 Å². The molecular formula is C16H15NO6. The number of hydrogen-bond donors (Lipinski definition) is 1. The normalized spacial score (nSPS) is 11.5. The highest BCUT2D eigenvalue weighted by Gasteiger charge is 2.12. The maximum atomic E-state index is 10.8. The minimum absolute atomic E-state index is 0.0299. The Morgan fingerprint density at radius 3 is 2.43 bits per heavy atom. The van der Waals surface area contributed by atoms with Crippen molar-refractivity contribution in [3.63, 3.8) is 0 Å². The third-order valence-corrected chi connectivity index (χ3v) is 2.96. The molecule has 7 nitrogen and oxygen atoms in total. The smallest absolute Gasteiger partial charge is 0.307 e. The van der Waals surface area contributed by atoms with Crippen molar-refractivity contribution >= 4 is 11.7 Å². The predicted octanol–water partition coefficient (Wildman–Crippen LogP) is 3.03. The van der Waals surface area contributed by atoms with Crippen LogP contribution in [0, 0.1) is 10.1 Å². The van der Waals surface area contributed by atoms with Crippen LogP contribution in [-0.4, -0.2) is 22.3 Å². The van der Waals surface area contributed by atoms with Crippen LogP contribution in [0.3, 0.4) is 0 Å². The number of carbonyl (C=O) groups is 1. The quantitative estimate of drug-likeness (QED) is 0.479. The van der Waals surface area contributed by atoms with Crippen LogP contribution in [0.4, 0.5) is 5.69 Å². The van der Waals surface area contributed by atoms with Crippen LogP contribution in [0.5, 0.6) is 11.5 Å². The number of carboxylic acid groups (broad SMARTS) is 1. The van der Waals surface area contributed by atoms with Gasteiger partial charge in [-0.05, 0) is 18.2 Å². The van der Waals surface area contributed by atoms with E-state index in [4.69, 9.17) is 14.6 Å². The van der Waals surface area contributed by atoms with Crippen molar-refractivity contribution in [2.45, 2.75) is 19.6 Å². The van der Waals surface area contributed by atoms with Gasteiger partial charge in [0.1, 0.15) is 11.5 Å². The van der Waals surface area contributed by atoms with Crippen molar-refractivity contribution in [2.75, 3.05) is 0 Å². The van der Waals surface area contributed by atoms with Crippen LogP contribution in [0.15, 0.2) is 48.5 Å². The third kappa shape index (κ3) is 4.70. The molecule has 7 heteroatoms. The van der Waals surface area contributed by atoms with Gasteiger partial charge in [-0.2, -0.15) is 0 Å². The van der Waals surface area contributed by atoms with Crippen molar-refractivity contribution in [1.82, 2.24) is 0 Å². The summed E-state index contributed by atoms with van der Waals surface area (Å²) in [6, 6.07) is 12.4. The molecule has 0 aliphatic heterocycles. The molecule has 0 amide bonds. The Kier molecular flexibility index (Phi) is 5.14. The summed E-state index contributed by atoms with van der Waals surface area (Å²) < 4.78 is 11.1. The minimum atomic E-state index is -0.954. The van der Waals surface area contributed by atoms with Gasteiger partial charge >= 0.3 is 5.97 Å². The molecule has 2 aromatic rings. The highest BCUT2D eigenvalue weighted by atomic mass is 16.7. The lowest BCUT2D eigenvalue weighted by Crippen LogP contribution is -2.20. The van der Waals surface area contributed by atoms with Gasteiger partial charge < -0.3 is 14.6 Å². The average molecular weight is 317 g/mol. The van der Waals surface area contributed by atoms with E-state index in [0.717, 1.165) is 0 Å². The van der Waals surface area contributed by atoms with Crippen molar-refractivity contribution in [2.24, 2.45) is 0 Å². The van der Waals surface area contributed by atoms with E-state index in [1.807, 2.05) is 0 Å². The summed E-state index contributed by atoms with van der Waals surface area (Å²) in [6.07, 6.45) is -0.841. The molecule has 0 saturated heterocycles. The molecule has 0 saturated carbocycles. The number of rotatable bonds is 7. The van der Waals surface area contributed by atoms with Crippen molar-refractivity contribution in [1.29, 1.82) is 0 Å². The first-order chi connectivity index (χ1) is 11.0. The van der Waals surface area contributed by atoms with Gasteiger partial charge in [0.2, 0.25) is 6.29 Å². The van der Waals surface area contributed by atoms with E-state index in [1.165, 1.54) is 24.3 Å². The summed E-state index contributed by atoms with van der Waals surface area (Å²) in [6.45, 7) is 1.65. The van der Waals surface area contributed by atoms with Crippen LogP contribution < -0.4 is 9.47 Å². The van der Waals surface area contributed by atoms with Crippen LogP contribution in [0.25, 0.3) is 0 Å². The van der Waals surface area contributed by atoms with Crippen molar-refractivity contribution in [3.8, 4) is 11.5 Å². The fourth-order valence-electron chi connectivity index (χ4n) is 1.97. The minimum Gasteiger partial charge on any atom is -0.481 e. The first-order valence-corrected chi connectivity index (χ1v) is 6.83. The summed E-state index contributed by atoms with van der Waals surface area (Å²) in [4.78, 5) is 20.9. The van der Waals surface area contributed by atoms with Crippen molar-refractivity contribution < 1.29 is 24.3 Å². The Balaban J connectivity index is 2.03. The standard InChI is InChI=1S/C16H15NO6/c1-11(22-14-8-6-13(7-9-14)17(20)21)23-15-5-3-2-4-12(15)10-16(18)19/h2-9,11H,10H2,1H3,(H,18,19). The molecule has 1 atom stereocenters. The molecule has 0 fully saturated rings. The number of carboxylic acids is 1. The van der Waals surface area contributed by atoms with Gasteiger partial charge in [-0.1, -0.05) is 18.2 Å². The van der Waals surface area contributed by atoms with Crippen molar-refractivity contribution in [3.05, 3.63) is 64.2 Å². The lowest BCUT2D eigenvalue weighted by Gasteiger charge is -2.18. The van der Waals surface area contributed by atoms with Gasteiger partial charge in [-0.15, -0.1) is 0 Å². The maximum Gasteiger partial charge on any atom is 0.307 e. The summed E-state index contributed by atoms with van der Waals surface area (Å²) >= 11 is 0. The number of nitrogens with zero attached hydrogens (tertiary/aromatic N) is 1. The van der Waals surface area contributed by atoms with E-state index in [9.17, 15) is 14.9 Å². The van der Waals surface area contributed by atoms with Crippen LogP contribution in [0.1, 0.15) is 12.5 Å². The van der Waals surface area contributed by atoms with Crippen LogP contribution in [0.2, 0.25) is 0 Å². The molecule has 0 heterocycles. The zero-order chi connectivity index (χ0) is 16.8. The lowest BCUT2D eigenvalue weighted by molar-refractivity contribution is -0.384. The van der Waals surface area contributed by atoms with E-state index >= 15 is 0 Å². The number of hydrogen-bond acceptors (Lipinski definition) is 5. The predicted molar refractivity (Wildman–Crippen MR) is 81.6 cm³/mol. The third-order valence-electron chi connectivity index (χ3n) is 2.96. The molecule has 0 spiro atoms. The molecule has 2 aromatic carbocycles. The largest absolute Gasteiger partial charge is 0.481 e. The molecule has 0 aliphatic carbocycles. The second-order valence-corrected chi connectivity index (χ2v) is 4.73. The number of ether oxygens (including phenoxy) is 2.